The van der Waals surface area contributed by atoms with E-state index >= 15 is 0 Å². The van der Waals surface area contributed by atoms with Crippen LogP contribution in [0, 0.1) is 5.82 Å². The molecule has 3 rings (SSSR count). The van der Waals surface area contributed by atoms with Crippen LogP contribution in [0.15, 0.2) is 46.8 Å². The second-order valence-electron chi connectivity index (χ2n) is 6.05. The maximum atomic E-state index is 13.0. The van der Waals surface area contributed by atoms with Crippen molar-refractivity contribution in [2.75, 3.05) is 32.8 Å². The minimum absolute atomic E-state index is 0.000348. The maximum absolute atomic E-state index is 13.0. The van der Waals surface area contributed by atoms with Gasteiger partial charge in [0.25, 0.3) is 5.91 Å². The third-order valence-electron chi connectivity index (χ3n) is 4.19. The van der Waals surface area contributed by atoms with Crippen molar-refractivity contribution in [3.8, 4) is 0 Å². The van der Waals surface area contributed by atoms with E-state index in [1.807, 2.05) is 0 Å². The number of rotatable bonds is 6. The lowest BCUT2D eigenvalue weighted by molar-refractivity contribution is -0.148. The number of carbonyl (C=O) groups is 2. The average Bonchev–Trinajstić information content (AvgIpc) is 3.24. The molecule has 0 bridgehead atoms. The van der Waals surface area contributed by atoms with Gasteiger partial charge in [0.1, 0.15) is 10.8 Å². The van der Waals surface area contributed by atoms with Gasteiger partial charge in [-0.05, 0) is 30.3 Å². The molecule has 2 heterocycles. The first-order chi connectivity index (χ1) is 13.9. The zero-order chi connectivity index (χ0) is 20.9. The monoisotopic (exact) mass is 439 g/mol. The van der Waals surface area contributed by atoms with Crippen molar-refractivity contribution in [2.24, 2.45) is 0 Å². The number of hydrogen-bond acceptors (Lipinski definition) is 7. The highest BCUT2D eigenvalue weighted by Gasteiger charge is 2.30. The van der Waals surface area contributed by atoms with E-state index in [2.05, 4.69) is 4.98 Å². The first-order valence-electron chi connectivity index (χ1n) is 8.64. The molecule has 1 amide bonds. The lowest BCUT2D eigenvalue weighted by Gasteiger charge is -2.33. The van der Waals surface area contributed by atoms with Gasteiger partial charge in [-0.1, -0.05) is 0 Å². The number of hydrogen-bond donors (Lipinski definition) is 0. The van der Waals surface area contributed by atoms with E-state index in [9.17, 15) is 22.4 Å². The van der Waals surface area contributed by atoms with Gasteiger partial charge in [-0.25, -0.2) is 22.6 Å². The number of ether oxygens (including phenoxy) is 1. The van der Waals surface area contributed by atoms with Crippen molar-refractivity contribution in [3.05, 3.63) is 52.7 Å². The number of sulfonamides is 1. The number of thiazole rings is 1. The third-order valence-corrected chi connectivity index (χ3v) is 6.85. The molecular weight excluding hydrogens is 421 g/mol. The quantitative estimate of drug-likeness (QED) is 0.498. The lowest BCUT2D eigenvalue weighted by atomic mass is 10.3. The molecule has 0 aliphatic carbocycles. The molecule has 0 spiro atoms. The van der Waals surface area contributed by atoms with Gasteiger partial charge in [-0.2, -0.15) is 4.31 Å². The van der Waals surface area contributed by atoms with Gasteiger partial charge in [0.05, 0.1) is 4.90 Å². The van der Waals surface area contributed by atoms with Crippen LogP contribution >= 0.6 is 11.3 Å². The average molecular weight is 439 g/mol. The SMILES string of the molecule is O=C(/C=C/c1nccs1)OCC(=O)N1CCN(S(=O)(=O)c2ccc(F)cc2)CC1. The summed E-state index contributed by atoms with van der Waals surface area (Å²) in [6, 6.07) is 4.59. The molecule has 8 nitrogen and oxygen atoms in total. The number of aromatic nitrogens is 1. The normalized spacial score (nSPS) is 15.6. The Morgan fingerprint density at radius 1 is 1.17 bits per heavy atom. The highest BCUT2D eigenvalue weighted by Crippen LogP contribution is 2.18. The predicted octanol–water partition coefficient (Wildman–Crippen LogP) is 1.37. The van der Waals surface area contributed by atoms with Crippen LogP contribution in [-0.2, 0) is 24.3 Å². The van der Waals surface area contributed by atoms with Gasteiger partial charge < -0.3 is 9.64 Å². The Kier molecular flexibility index (Phi) is 6.72. The van der Waals surface area contributed by atoms with Gasteiger partial charge >= 0.3 is 5.97 Å². The summed E-state index contributed by atoms with van der Waals surface area (Å²) in [4.78, 5) is 29.3. The molecule has 1 aliphatic rings. The molecule has 1 saturated heterocycles. The van der Waals surface area contributed by atoms with Crippen LogP contribution in [0.1, 0.15) is 5.01 Å². The van der Waals surface area contributed by atoms with Crippen molar-refractivity contribution >= 4 is 39.3 Å². The summed E-state index contributed by atoms with van der Waals surface area (Å²) in [6.45, 7) is 0.121. The van der Waals surface area contributed by atoms with Crippen LogP contribution < -0.4 is 0 Å². The van der Waals surface area contributed by atoms with Crippen LogP contribution in [0.5, 0.6) is 0 Å². The van der Waals surface area contributed by atoms with Crippen molar-refractivity contribution in [1.29, 1.82) is 0 Å². The summed E-state index contributed by atoms with van der Waals surface area (Å²) >= 11 is 1.36. The summed E-state index contributed by atoms with van der Waals surface area (Å²) in [5.74, 6) is -1.58. The molecule has 2 aromatic rings. The number of halogens is 1. The van der Waals surface area contributed by atoms with Crippen LogP contribution in [0.3, 0.4) is 0 Å². The van der Waals surface area contributed by atoms with Crippen LogP contribution in [0.2, 0.25) is 0 Å². The Balaban J connectivity index is 1.48. The molecule has 0 N–H and O–H groups in total. The fourth-order valence-electron chi connectivity index (χ4n) is 2.66. The molecular formula is C18H18FN3O5S2. The summed E-state index contributed by atoms with van der Waals surface area (Å²) in [5.41, 5.74) is 0. The molecule has 11 heteroatoms. The number of benzene rings is 1. The van der Waals surface area contributed by atoms with Gasteiger partial charge in [-0.15, -0.1) is 11.3 Å². The molecule has 1 aromatic heterocycles. The van der Waals surface area contributed by atoms with Crippen molar-refractivity contribution < 1.29 is 27.1 Å². The number of carbonyl (C=O) groups excluding carboxylic acids is 2. The zero-order valence-corrected chi connectivity index (χ0v) is 16.9. The predicted molar refractivity (Wildman–Crippen MR) is 104 cm³/mol. The Labute approximate surface area is 171 Å². The highest BCUT2D eigenvalue weighted by atomic mass is 32.2. The van der Waals surface area contributed by atoms with Crippen LogP contribution in [-0.4, -0.2) is 67.3 Å². The van der Waals surface area contributed by atoms with Gasteiger partial charge in [0.2, 0.25) is 10.0 Å². The molecule has 0 saturated carbocycles. The second-order valence-corrected chi connectivity index (χ2v) is 8.91. The fourth-order valence-corrected chi connectivity index (χ4v) is 4.61. The van der Waals surface area contributed by atoms with E-state index in [1.54, 1.807) is 11.6 Å². The molecule has 1 aromatic carbocycles. The molecule has 154 valence electrons. The van der Waals surface area contributed by atoms with Crippen molar-refractivity contribution in [3.63, 3.8) is 0 Å². The summed E-state index contributed by atoms with van der Waals surface area (Å²) in [5, 5.41) is 2.41. The topological polar surface area (TPSA) is 96.9 Å². The van der Waals surface area contributed by atoms with E-state index in [4.69, 9.17) is 4.74 Å². The minimum atomic E-state index is -3.75. The van der Waals surface area contributed by atoms with E-state index in [1.165, 1.54) is 44.8 Å². The largest absolute Gasteiger partial charge is 0.452 e. The first-order valence-corrected chi connectivity index (χ1v) is 11.0. The number of nitrogens with zero attached hydrogens (tertiary/aromatic N) is 3. The molecule has 1 aliphatic heterocycles. The smallest absolute Gasteiger partial charge is 0.331 e. The van der Waals surface area contributed by atoms with Crippen molar-refractivity contribution in [2.45, 2.75) is 4.90 Å². The standard InChI is InChI=1S/C18H18FN3O5S2/c19-14-1-3-15(4-2-14)29(25,26)22-10-8-21(9-11-22)17(23)13-27-18(24)6-5-16-20-7-12-28-16/h1-7,12H,8-11,13H2/b6-5+. The van der Waals surface area contributed by atoms with Crippen LogP contribution in [0.25, 0.3) is 6.08 Å². The first kappa shape index (κ1) is 21.1. The van der Waals surface area contributed by atoms with Crippen LogP contribution in [0.4, 0.5) is 4.39 Å². The van der Waals surface area contributed by atoms with Gasteiger partial charge in [0, 0.05) is 43.8 Å². The summed E-state index contributed by atoms with van der Waals surface area (Å²) in [6.07, 6.45) is 4.30. The number of amides is 1. The Hall–Kier alpha value is -2.63. The Morgan fingerprint density at radius 2 is 1.86 bits per heavy atom. The Bertz CT molecular complexity index is 983. The molecule has 0 radical (unpaired) electrons. The summed E-state index contributed by atoms with van der Waals surface area (Å²) in [7, 11) is -3.75. The third kappa shape index (κ3) is 5.46. The highest BCUT2D eigenvalue weighted by molar-refractivity contribution is 7.89. The van der Waals surface area contributed by atoms with E-state index in [-0.39, 0.29) is 31.1 Å². The Morgan fingerprint density at radius 3 is 2.48 bits per heavy atom. The van der Waals surface area contributed by atoms with E-state index in [0.717, 1.165) is 12.1 Å². The van der Waals surface area contributed by atoms with Gasteiger partial charge in [0.15, 0.2) is 6.61 Å². The molecule has 0 atom stereocenters. The summed E-state index contributed by atoms with van der Waals surface area (Å²) < 4.78 is 44.3. The zero-order valence-electron chi connectivity index (χ0n) is 15.2. The molecule has 0 unspecified atom stereocenters. The van der Waals surface area contributed by atoms with Gasteiger partial charge in [-0.3, -0.25) is 4.79 Å². The molecule has 1 fully saturated rings. The van der Waals surface area contributed by atoms with E-state index < -0.39 is 34.3 Å². The van der Waals surface area contributed by atoms with E-state index in [0.29, 0.717) is 5.01 Å². The maximum Gasteiger partial charge on any atom is 0.331 e. The fraction of sp³-hybridized carbons (Fsp3) is 0.278. The minimum Gasteiger partial charge on any atom is -0.452 e. The van der Waals surface area contributed by atoms with Crippen molar-refractivity contribution in [1.82, 2.24) is 14.2 Å². The second kappa shape index (κ2) is 9.25. The lowest BCUT2D eigenvalue weighted by Crippen LogP contribution is -2.51. The molecule has 29 heavy (non-hydrogen) atoms. The number of piperazine rings is 1. The number of esters is 1.